The molecule has 0 bridgehead atoms. The van der Waals surface area contributed by atoms with Gasteiger partial charge in [-0.05, 0) is 81.2 Å². The van der Waals surface area contributed by atoms with Gasteiger partial charge in [-0.25, -0.2) is 9.50 Å². The standard InChI is InChI=1S/C28H33F3N6O2/c29-28(30,31)23-7-4-12-36(25(23)26(32)38)16-19-14-24-34-22(17-37(24)33-15-19)13-18-8-10-21(11-9-18)35-27(39)20-5-2-1-3-6-20/h1-3,5-6,14-15,17-18,21,23,25H,4,7-13,16H2,(H2,32,38)(H,35,39)/t18?,21?,23-,25?/m0/s1. The highest BCUT2D eigenvalue weighted by atomic mass is 19.4. The number of imidazole rings is 1. The van der Waals surface area contributed by atoms with Crippen LogP contribution in [0.1, 0.15) is 60.1 Å². The maximum atomic E-state index is 13.5. The number of carbonyl (C=O) groups excluding carboxylic acids is 2. The number of primary amides is 1. The normalized spacial score (nSPS) is 24.5. The van der Waals surface area contributed by atoms with Crippen molar-refractivity contribution in [3.8, 4) is 0 Å². The highest BCUT2D eigenvalue weighted by Gasteiger charge is 2.50. The quantitative estimate of drug-likeness (QED) is 0.471. The zero-order valence-corrected chi connectivity index (χ0v) is 21.6. The summed E-state index contributed by atoms with van der Waals surface area (Å²) in [5.74, 6) is -2.31. The summed E-state index contributed by atoms with van der Waals surface area (Å²) in [5.41, 5.74) is 8.28. The molecule has 1 saturated heterocycles. The van der Waals surface area contributed by atoms with Gasteiger partial charge in [0, 0.05) is 18.2 Å². The number of hydrogen-bond donors (Lipinski definition) is 2. The Morgan fingerprint density at radius 1 is 1.08 bits per heavy atom. The van der Waals surface area contributed by atoms with Crippen LogP contribution < -0.4 is 11.1 Å². The maximum Gasteiger partial charge on any atom is 0.393 e. The van der Waals surface area contributed by atoms with Gasteiger partial charge >= 0.3 is 6.18 Å². The molecular weight excluding hydrogens is 509 g/mol. The van der Waals surface area contributed by atoms with Gasteiger partial charge in [-0.15, -0.1) is 0 Å². The first-order chi connectivity index (χ1) is 18.7. The molecule has 3 N–H and O–H groups in total. The third-order valence-electron chi connectivity index (χ3n) is 7.97. The number of alkyl halides is 3. The van der Waals surface area contributed by atoms with Crippen LogP contribution in [0.15, 0.2) is 48.8 Å². The number of carbonyl (C=O) groups is 2. The molecule has 2 amide bonds. The molecule has 39 heavy (non-hydrogen) atoms. The number of nitrogens with one attached hydrogen (secondary N) is 1. The zero-order valence-electron chi connectivity index (χ0n) is 21.6. The van der Waals surface area contributed by atoms with Gasteiger partial charge in [0.1, 0.15) is 6.04 Å². The summed E-state index contributed by atoms with van der Waals surface area (Å²) >= 11 is 0. The number of fused-ring (bicyclic) bond motifs is 1. The third kappa shape index (κ3) is 6.41. The molecule has 1 unspecified atom stereocenters. The van der Waals surface area contributed by atoms with Crippen molar-refractivity contribution >= 4 is 17.5 Å². The van der Waals surface area contributed by atoms with E-state index in [-0.39, 0.29) is 24.9 Å². The van der Waals surface area contributed by atoms with Crippen molar-refractivity contribution in [2.24, 2.45) is 17.6 Å². The van der Waals surface area contributed by atoms with Crippen LogP contribution >= 0.6 is 0 Å². The van der Waals surface area contributed by atoms with Gasteiger partial charge in [-0.1, -0.05) is 18.2 Å². The van der Waals surface area contributed by atoms with E-state index in [0.29, 0.717) is 35.7 Å². The Balaban J connectivity index is 1.18. The lowest BCUT2D eigenvalue weighted by Crippen LogP contribution is -2.56. The van der Waals surface area contributed by atoms with Crippen molar-refractivity contribution in [1.29, 1.82) is 0 Å². The van der Waals surface area contributed by atoms with Crippen LogP contribution in [0.3, 0.4) is 0 Å². The number of halogens is 3. The number of nitrogens with two attached hydrogens (primary N) is 1. The monoisotopic (exact) mass is 542 g/mol. The number of aromatic nitrogens is 3. The molecule has 208 valence electrons. The van der Waals surface area contributed by atoms with Crippen molar-refractivity contribution < 1.29 is 22.8 Å². The molecule has 0 spiro atoms. The molecular formula is C28H33F3N6O2. The number of benzene rings is 1. The number of amides is 2. The van der Waals surface area contributed by atoms with E-state index in [9.17, 15) is 22.8 Å². The second-order valence-corrected chi connectivity index (χ2v) is 10.8. The average Bonchev–Trinajstić information content (AvgIpc) is 3.31. The first-order valence-electron chi connectivity index (χ1n) is 13.5. The minimum atomic E-state index is -4.48. The van der Waals surface area contributed by atoms with E-state index >= 15 is 0 Å². The predicted octanol–water partition coefficient (Wildman–Crippen LogP) is 3.89. The van der Waals surface area contributed by atoms with Crippen LogP contribution in [0, 0.1) is 11.8 Å². The Labute approximate surface area is 224 Å². The van der Waals surface area contributed by atoms with E-state index in [4.69, 9.17) is 10.7 Å². The van der Waals surface area contributed by atoms with Crippen LogP contribution in [0.5, 0.6) is 0 Å². The first-order valence-corrected chi connectivity index (χ1v) is 13.5. The molecule has 11 heteroatoms. The van der Waals surface area contributed by atoms with Crippen molar-refractivity contribution in [3.05, 3.63) is 65.6 Å². The third-order valence-corrected chi connectivity index (χ3v) is 7.97. The Bertz CT molecular complexity index is 1300. The molecule has 5 rings (SSSR count). The fourth-order valence-corrected chi connectivity index (χ4v) is 6.01. The van der Waals surface area contributed by atoms with Gasteiger partial charge in [0.2, 0.25) is 5.91 Å². The van der Waals surface area contributed by atoms with Gasteiger partial charge in [-0.3, -0.25) is 14.5 Å². The summed E-state index contributed by atoms with van der Waals surface area (Å²) in [6.45, 7) is 0.504. The van der Waals surface area contributed by atoms with E-state index in [2.05, 4.69) is 10.4 Å². The zero-order chi connectivity index (χ0) is 27.6. The smallest absolute Gasteiger partial charge is 0.368 e. The number of likely N-dealkylation sites (tertiary alicyclic amines) is 1. The van der Waals surface area contributed by atoms with Gasteiger partial charge in [0.15, 0.2) is 5.65 Å². The number of piperidine rings is 1. The minimum absolute atomic E-state index is 0.0399. The fourth-order valence-electron chi connectivity index (χ4n) is 6.01. The number of nitrogens with zero attached hydrogens (tertiary/aromatic N) is 4. The molecule has 1 saturated carbocycles. The van der Waals surface area contributed by atoms with Crippen LogP contribution in [0.25, 0.3) is 5.65 Å². The van der Waals surface area contributed by atoms with E-state index in [1.165, 1.54) is 4.90 Å². The Morgan fingerprint density at radius 2 is 1.82 bits per heavy atom. The Morgan fingerprint density at radius 3 is 2.51 bits per heavy atom. The summed E-state index contributed by atoms with van der Waals surface area (Å²) in [6, 6.07) is 9.80. The number of hydrogen-bond acceptors (Lipinski definition) is 5. The second kappa shape index (κ2) is 11.3. The molecule has 3 heterocycles. The first kappa shape index (κ1) is 27.1. The molecule has 1 aliphatic heterocycles. The predicted molar refractivity (Wildman–Crippen MR) is 139 cm³/mol. The molecule has 1 aliphatic carbocycles. The fraction of sp³-hybridized carbons (Fsp3) is 0.500. The van der Waals surface area contributed by atoms with Crippen molar-refractivity contribution in [3.63, 3.8) is 0 Å². The minimum Gasteiger partial charge on any atom is -0.368 e. The van der Waals surface area contributed by atoms with Crippen molar-refractivity contribution in [1.82, 2.24) is 24.8 Å². The Kier molecular flexibility index (Phi) is 7.88. The largest absolute Gasteiger partial charge is 0.393 e. The van der Waals surface area contributed by atoms with Crippen LogP contribution in [0.4, 0.5) is 13.2 Å². The van der Waals surface area contributed by atoms with E-state index in [1.807, 2.05) is 42.6 Å². The van der Waals surface area contributed by atoms with Crippen molar-refractivity contribution in [2.75, 3.05) is 6.54 Å². The molecule has 1 aromatic carbocycles. The lowest BCUT2D eigenvalue weighted by Gasteiger charge is -2.40. The van der Waals surface area contributed by atoms with E-state index in [1.54, 1.807) is 10.7 Å². The lowest BCUT2D eigenvalue weighted by molar-refractivity contribution is -0.202. The molecule has 0 radical (unpaired) electrons. The highest BCUT2D eigenvalue weighted by Crippen LogP contribution is 2.38. The van der Waals surface area contributed by atoms with Gasteiger partial charge < -0.3 is 11.1 Å². The van der Waals surface area contributed by atoms with Crippen LogP contribution in [-0.2, 0) is 17.8 Å². The summed E-state index contributed by atoms with van der Waals surface area (Å²) in [4.78, 5) is 30.7. The Hall–Kier alpha value is -3.47. The van der Waals surface area contributed by atoms with Gasteiger partial charge in [0.25, 0.3) is 5.91 Å². The SMILES string of the molecule is NC(=O)C1[C@@H](C(F)(F)F)CCCN1Cc1cnn2cc(CC3CCC(NC(=O)c4ccccc4)CC3)nc2c1. The van der Waals surface area contributed by atoms with Gasteiger partial charge in [0.05, 0.1) is 24.0 Å². The highest BCUT2D eigenvalue weighted by molar-refractivity contribution is 5.94. The molecule has 8 nitrogen and oxygen atoms in total. The summed E-state index contributed by atoms with van der Waals surface area (Å²) < 4.78 is 42.3. The van der Waals surface area contributed by atoms with Gasteiger partial charge in [-0.2, -0.15) is 18.3 Å². The van der Waals surface area contributed by atoms with Crippen LogP contribution in [0.2, 0.25) is 0 Å². The average molecular weight is 543 g/mol. The van der Waals surface area contributed by atoms with Crippen LogP contribution in [-0.4, -0.2) is 56.1 Å². The summed E-state index contributed by atoms with van der Waals surface area (Å²) in [7, 11) is 0. The summed E-state index contributed by atoms with van der Waals surface area (Å²) in [5, 5.41) is 7.55. The molecule has 2 aliphatic rings. The maximum absolute atomic E-state index is 13.5. The topological polar surface area (TPSA) is 106 Å². The molecule has 2 atom stereocenters. The molecule has 3 aromatic rings. The van der Waals surface area contributed by atoms with Crippen molar-refractivity contribution in [2.45, 2.75) is 69.8 Å². The van der Waals surface area contributed by atoms with E-state index < -0.39 is 24.0 Å². The second-order valence-electron chi connectivity index (χ2n) is 10.8. The summed E-state index contributed by atoms with van der Waals surface area (Å²) in [6.07, 6.45) is 3.83. The number of rotatable bonds is 7. The van der Waals surface area contributed by atoms with E-state index in [0.717, 1.165) is 37.8 Å². The molecule has 2 aromatic heterocycles. The lowest BCUT2D eigenvalue weighted by atomic mass is 9.83. The molecule has 2 fully saturated rings.